The van der Waals surface area contributed by atoms with E-state index < -0.39 is 80.9 Å². The lowest BCUT2D eigenvalue weighted by molar-refractivity contribution is -0.139. The number of nitrogens with one attached hydrogen (secondary N) is 3. The van der Waals surface area contributed by atoms with Gasteiger partial charge in [0, 0.05) is 32.6 Å². The lowest BCUT2D eigenvalue weighted by Crippen LogP contribution is -2.64. The molecule has 50 heavy (non-hydrogen) atoms. The van der Waals surface area contributed by atoms with E-state index in [1.165, 1.54) is 54.7 Å². The van der Waals surface area contributed by atoms with Crippen molar-refractivity contribution >= 4 is 57.5 Å². The Morgan fingerprint density at radius 1 is 0.960 bits per heavy atom. The number of aliphatic imine (C=N–C) groups is 1. The second-order valence-corrected chi connectivity index (χ2v) is 13.1. The monoisotopic (exact) mass is 711 g/mol. The number of carboxylic acids is 1. The topological polar surface area (TPSA) is 198 Å². The van der Waals surface area contributed by atoms with Crippen molar-refractivity contribution in [2.75, 3.05) is 30.3 Å². The summed E-state index contributed by atoms with van der Waals surface area (Å²) in [6.45, 7) is 2.07. The normalized spacial score (nSPS) is 17.7. The molecule has 0 radical (unpaired) electrons. The Morgan fingerprint density at radius 3 is 2.16 bits per heavy atom. The maximum Gasteiger partial charge on any atom is 0.332 e. The first-order valence-electron chi connectivity index (χ1n) is 15.0. The molecule has 0 saturated carbocycles. The van der Waals surface area contributed by atoms with Gasteiger partial charge in [-0.1, -0.05) is 12.1 Å². The molecule has 0 aromatic heterocycles. The molecule has 3 atom stereocenters. The first-order chi connectivity index (χ1) is 23.6. The van der Waals surface area contributed by atoms with E-state index in [4.69, 9.17) is 0 Å². The summed E-state index contributed by atoms with van der Waals surface area (Å²) in [4.78, 5) is 70.8. The summed E-state index contributed by atoms with van der Waals surface area (Å²) in [7, 11) is -1.20. The summed E-state index contributed by atoms with van der Waals surface area (Å²) in [5.74, 6) is -6.80. The van der Waals surface area contributed by atoms with Crippen LogP contribution in [0.3, 0.4) is 0 Å². The van der Waals surface area contributed by atoms with Crippen LogP contribution < -0.4 is 20.3 Å². The van der Waals surface area contributed by atoms with E-state index in [1.54, 1.807) is 18.9 Å². The molecule has 18 heteroatoms. The number of halogens is 2. The minimum Gasteiger partial charge on any atom is -0.480 e. The molecule has 3 aromatic rings. The van der Waals surface area contributed by atoms with Crippen LogP contribution in [0.25, 0.3) is 0 Å². The number of carboxylic acid groups (broad SMARTS) is 1. The fourth-order valence-electron chi connectivity index (χ4n) is 5.44. The van der Waals surface area contributed by atoms with Gasteiger partial charge in [-0.05, 0) is 61.0 Å². The van der Waals surface area contributed by atoms with Crippen molar-refractivity contribution in [3.8, 4) is 0 Å². The van der Waals surface area contributed by atoms with Crippen molar-refractivity contribution < 1.29 is 46.3 Å². The molecule has 3 aromatic carbocycles. The largest absolute Gasteiger partial charge is 0.480 e. The number of rotatable bonds is 11. The van der Waals surface area contributed by atoms with E-state index in [-0.39, 0.29) is 22.6 Å². The third-order valence-corrected chi connectivity index (χ3v) is 9.41. The van der Waals surface area contributed by atoms with Crippen molar-refractivity contribution in [1.82, 2.24) is 20.4 Å². The van der Waals surface area contributed by atoms with Crippen LogP contribution >= 0.6 is 0 Å². The summed E-state index contributed by atoms with van der Waals surface area (Å²) >= 11 is 0. The number of fused-ring (bicyclic) bond motifs is 1. The molecule has 5 rings (SSSR count). The van der Waals surface area contributed by atoms with E-state index in [2.05, 4.69) is 15.6 Å². The van der Waals surface area contributed by atoms with Crippen molar-refractivity contribution in [1.29, 1.82) is 0 Å². The Kier molecular flexibility index (Phi) is 9.85. The maximum atomic E-state index is 15.0. The number of likely N-dealkylation sites (N-methyl/N-ethyl adjacent to an activating group) is 2. The summed E-state index contributed by atoms with van der Waals surface area (Å²) in [5, 5.41) is 14.4. The number of nitrogens with zero attached hydrogens (tertiary/aromatic N) is 4. The van der Waals surface area contributed by atoms with Crippen LogP contribution in [0.15, 0.2) is 70.6 Å². The van der Waals surface area contributed by atoms with Gasteiger partial charge in [-0.15, -0.1) is 0 Å². The number of sulfonamides is 1. The number of carbonyl (C=O) groups is 5. The van der Waals surface area contributed by atoms with Crippen molar-refractivity contribution in [3.63, 3.8) is 0 Å². The zero-order chi connectivity index (χ0) is 36.5. The smallest absolute Gasteiger partial charge is 0.332 e. The van der Waals surface area contributed by atoms with Crippen molar-refractivity contribution in [2.24, 2.45) is 4.99 Å². The van der Waals surface area contributed by atoms with Gasteiger partial charge in [0.25, 0.3) is 27.7 Å². The Bertz CT molecular complexity index is 1990. The lowest BCUT2D eigenvalue weighted by Gasteiger charge is -2.40. The predicted octanol–water partition coefficient (Wildman–Crippen LogP) is 2.01. The van der Waals surface area contributed by atoms with Gasteiger partial charge in [-0.2, -0.15) is 0 Å². The summed E-state index contributed by atoms with van der Waals surface area (Å²) in [6.07, 6.45) is 0.455. The minimum atomic E-state index is -4.37. The lowest BCUT2D eigenvalue weighted by atomic mass is 10.0. The quantitative estimate of drug-likeness (QED) is 0.230. The van der Waals surface area contributed by atoms with Gasteiger partial charge >= 0.3 is 12.0 Å². The van der Waals surface area contributed by atoms with Gasteiger partial charge in [0.05, 0.1) is 22.6 Å². The summed E-state index contributed by atoms with van der Waals surface area (Å²) in [6, 6.07) is 8.63. The van der Waals surface area contributed by atoms with Crippen LogP contribution in [0.1, 0.15) is 33.2 Å². The van der Waals surface area contributed by atoms with Crippen LogP contribution in [-0.4, -0.2) is 98.3 Å². The number of hydrogen-bond acceptors (Lipinski definition) is 9. The highest BCUT2D eigenvalue weighted by Gasteiger charge is 2.49. The molecule has 4 N–H and O–H groups in total. The number of anilines is 2. The van der Waals surface area contributed by atoms with Gasteiger partial charge in [0.1, 0.15) is 23.2 Å². The molecular weight excluding hydrogens is 680 g/mol. The molecule has 1 fully saturated rings. The molecular formula is C32H31F2N7O8S. The van der Waals surface area contributed by atoms with Crippen LogP contribution in [0.5, 0.6) is 0 Å². The highest BCUT2D eigenvalue weighted by molar-refractivity contribution is 7.92. The number of urea groups is 1. The molecule has 2 heterocycles. The van der Waals surface area contributed by atoms with Gasteiger partial charge in [0.2, 0.25) is 0 Å². The van der Waals surface area contributed by atoms with Crippen LogP contribution in [0, 0.1) is 11.6 Å². The first-order valence-corrected chi connectivity index (χ1v) is 16.5. The van der Waals surface area contributed by atoms with Crippen LogP contribution in [0.2, 0.25) is 0 Å². The number of hydrogen-bond donors (Lipinski definition) is 4. The summed E-state index contributed by atoms with van der Waals surface area (Å²) in [5.41, 5.74) is -0.957. The highest BCUT2D eigenvalue weighted by atomic mass is 32.2. The third kappa shape index (κ3) is 6.95. The molecule has 5 amide bonds. The fraction of sp³-hybridized carbons (Fsp3) is 0.250. The minimum absolute atomic E-state index is 0.194. The third-order valence-electron chi connectivity index (χ3n) is 8.01. The average molecular weight is 712 g/mol. The Hall–Kier alpha value is -5.91. The molecule has 15 nitrogen and oxygen atoms in total. The Balaban J connectivity index is 1.27. The molecule has 0 bridgehead atoms. The summed E-state index contributed by atoms with van der Waals surface area (Å²) < 4.78 is 57.7. The molecule has 0 aliphatic carbocycles. The number of imide groups is 1. The molecule has 262 valence electrons. The maximum absolute atomic E-state index is 15.0. The van der Waals surface area contributed by atoms with E-state index in [9.17, 15) is 37.5 Å². The number of benzene rings is 3. The fourth-order valence-corrected chi connectivity index (χ4v) is 6.48. The highest BCUT2D eigenvalue weighted by Crippen LogP contribution is 2.29. The SMILES string of the molecule is CCNC(=O)c1ccc(S(=O)(=O)Nc2cc(F)c(C(=O)N[C@@H](Cc3ccc(N4C(=O)C5C(N=CN5C)N(C)C4=O)cc3)C(=O)O)c(F)c2)cc1. The van der Waals surface area contributed by atoms with Gasteiger partial charge < -0.3 is 25.5 Å². The predicted molar refractivity (Wildman–Crippen MR) is 175 cm³/mol. The number of amides is 5. The first kappa shape index (κ1) is 35.4. The van der Waals surface area contributed by atoms with Crippen LogP contribution in [0.4, 0.5) is 25.0 Å². The van der Waals surface area contributed by atoms with Gasteiger partial charge in [-0.25, -0.2) is 36.7 Å². The molecule has 2 aliphatic heterocycles. The van der Waals surface area contributed by atoms with Crippen molar-refractivity contribution in [2.45, 2.75) is 36.5 Å². The molecule has 0 spiro atoms. The Labute approximate surface area is 284 Å². The average Bonchev–Trinajstić information content (AvgIpc) is 3.45. The van der Waals surface area contributed by atoms with E-state index in [1.807, 2.05) is 4.72 Å². The second-order valence-electron chi connectivity index (χ2n) is 11.4. The zero-order valence-corrected chi connectivity index (χ0v) is 27.6. The van der Waals surface area contributed by atoms with Gasteiger partial charge in [-0.3, -0.25) is 19.1 Å². The molecule has 2 aliphatic rings. The van der Waals surface area contributed by atoms with Crippen molar-refractivity contribution in [3.05, 3.63) is 89.0 Å². The van der Waals surface area contributed by atoms with E-state index in [0.29, 0.717) is 24.2 Å². The van der Waals surface area contributed by atoms with Crippen LogP contribution in [-0.2, 0) is 26.0 Å². The standard InChI is InChI=1S/C32H31F2N7O8S/c1-4-35-28(42)18-7-11-21(12-8-18)50(48,49)38-19-14-22(33)25(23(34)15-19)29(43)37-24(31(45)46)13-17-5-9-20(10-6-17)41-30(44)26-27(36-16-39(26)2)40(3)32(41)47/h5-12,14-16,24,26-27,38H,4,13H2,1-3H3,(H,35,42)(H,37,43)(H,45,46)/t24-,26?,27?/m0/s1. The second kappa shape index (κ2) is 13.9. The Morgan fingerprint density at radius 2 is 1.58 bits per heavy atom. The zero-order valence-electron chi connectivity index (χ0n) is 26.8. The number of carbonyl (C=O) groups excluding carboxylic acids is 4. The van der Waals surface area contributed by atoms with E-state index in [0.717, 1.165) is 17.0 Å². The number of aliphatic carboxylic acids is 1. The molecule has 1 saturated heterocycles. The molecule has 2 unspecified atom stereocenters. The van der Waals surface area contributed by atoms with Gasteiger partial charge in [0.15, 0.2) is 12.2 Å². The van der Waals surface area contributed by atoms with E-state index >= 15 is 8.78 Å².